The van der Waals surface area contributed by atoms with Gasteiger partial charge in [-0.3, -0.25) is 0 Å². The molecule has 0 spiro atoms. The van der Waals surface area contributed by atoms with Crippen LogP contribution in [0, 0.1) is 6.42 Å². The zero-order valence-corrected chi connectivity index (χ0v) is 11.1. The van der Waals surface area contributed by atoms with Crippen molar-refractivity contribution in [3.05, 3.63) is 54.4 Å². The van der Waals surface area contributed by atoms with Crippen LogP contribution in [0.15, 0.2) is 42.5 Å². The standard InChI is InChI=1S/C16H15Si/c1-2-6-14-13-9-5-8-12-11-7-3-4-10-15(11)17(14)16(12)13/h3-10,14,17H,2H2,1H3. The molecule has 4 rings (SSSR count). The minimum atomic E-state index is -0.871. The molecule has 2 aliphatic rings. The Morgan fingerprint density at radius 2 is 1.88 bits per heavy atom. The third-order valence-electron chi connectivity index (χ3n) is 4.24. The van der Waals surface area contributed by atoms with Gasteiger partial charge in [-0.1, -0.05) is 55.8 Å². The molecule has 83 valence electrons. The quantitative estimate of drug-likeness (QED) is 0.701. The van der Waals surface area contributed by atoms with E-state index in [1.165, 1.54) is 17.5 Å². The molecule has 2 heterocycles. The second kappa shape index (κ2) is 3.33. The summed E-state index contributed by atoms with van der Waals surface area (Å²) in [7, 11) is -0.871. The number of fused-ring (bicyclic) bond motifs is 3. The molecule has 1 radical (unpaired) electrons. The van der Waals surface area contributed by atoms with Gasteiger partial charge < -0.3 is 0 Å². The molecule has 0 saturated heterocycles. The molecule has 2 atom stereocenters. The van der Waals surface area contributed by atoms with Crippen LogP contribution in [0.2, 0.25) is 0 Å². The average molecular weight is 235 g/mol. The summed E-state index contributed by atoms with van der Waals surface area (Å²) in [5, 5.41) is 3.42. The molecule has 0 N–H and O–H groups in total. The Hall–Kier alpha value is -1.34. The van der Waals surface area contributed by atoms with Gasteiger partial charge in [0.05, 0.1) is 0 Å². The lowest BCUT2D eigenvalue weighted by molar-refractivity contribution is 0.942. The van der Waals surface area contributed by atoms with Crippen molar-refractivity contribution < 1.29 is 0 Å². The fourth-order valence-electron chi connectivity index (χ4n) is 3.60. The molecular weight excluding hydrogens is 220 g/mol. The monoisotopic (exact) mass is 235 g/mol. The molecule has 0 amide bonds. The smallest absolute Gasteiger partial charge is 0.0651 e. The topological polar surface area (TPSA) is 0 Å². The Balaban J connectivity index is 1.97. The minimum absolute atomic E-state index is 0.790. The Bertz CT molecular complexity index is 600. The van der Waals surface area contributed by atoms with Gasteiger partial charge in [0, 0.05) is 0 Å². The molecule has 0 aliphatic carbocycles. The van der Waals surface area contributed by atoms with Crippen LogP contribution in [0.5, 0.6) is 0 Å². The largest absolute Gasteiger partial charge is 0.112 e. The van der Waals surface area contributed by atoms with E-state index in [2.05, 4.69) is 55.8 Å². The summed E-state index contributed by atoms with van der Waals surface area (Å²) in [5.41, 5.74) is 5.47. The molecule has 0 aromatic heterocycles. The molecule has 0 saturated carbocycles. The third kappa shape index (κ3) is 1.08. The fourth-order valence-corrected chi connectivity index (χ4v) is 7.70. The van der Waals surface area contributed by atoms with Gasteiger partial charge in [-0.05, 0) is 39.0 Å². The van der Waals surface area contributed by atoms with E-state index in [0.29, 0.717) is 0 Å². The van der Waals surface area contributed by atoms with Gasteiger partial charge in [0.15, 0.2) is 0 Å². The third-order valence-corrected chi connectivity index (χ3v) is 8.03. The summed E-state index contributed by atoms with van der Waals surface area (Å²) < 4.78 is 0. The first-order chi connectivity index (χ1) is 8.42. The highest BCUT2D eigenvalue weighted by Crippen LogP contribution is 2.40. The SMILES string of the molecule is CC[CH]C1c2cccc3c2[SiH]1c1ccccc1-3. The van der Waals surface area contributed by atoms with Crippen molar-refractivity contribution in [3.63, 3.8) is 0 Å². The second-order valence-electron chi connectivity index (χ2n) is 5.04. The van der Waals surface area contributed by atoms with Crippen LogP contribution < -0.4 is 10.4 Å². The normalized spacial score (nSPS) is 22.9. The van der Waals surface area contributed by atoms with E-state index in [0.717, 1.165) is 5.54 Å². The number of benzene rings is 2. The maximum atomic E-state index is 2.53. The number of hydrogen-bond acceptors (Lipinski definition) is 0. The van der Waals surface area contributed by atoms with Crippen LogP contribution in [0.3, 0.4) is 0 Å². The van der Waals surface area contributed by atoms with Crippen LogP contribution >= 0.6 is 0 Å². The van der Waals surface area contributed by atoms with Crippen molar-refractivity contribution in [2.45, 2.75) is 18.9 Å². The minimum Gasteiger partial charge on any atom is -0.0651 e. The second-order valence-corrected chi connectivity index (χ2v) is 7.92. The summed E-state index contributed by atoms with van der Waals surface area (Å²) in [5.74, 6) is 0. The van der Waals surface area contributed by atoms with E-state index >= 15 is 0 Å². The Morgan fingerprint density at radius 1 is 1.06 bits per heavy atom. The van der Waals surface area contributed by atoms with Crippen LogP contribution in [0.4, 0.5) is 0 Å². The maximum absolute atomic E-state index is 2.53. The number of hydrogen-bond donors (Lipinski definition) is 0. The van der Waals surface area contributed by atoms with Crippen molar-refractivity contribution in [3.8, 4) is 11.1 Å². The highest BCUT2D eigenvalue weighted by atomic mass is 28.3. The van der Waals surface area contributed by atoms with Crippen LogP contribution in [-0.2, 0) is 0 Å². The molecule has 2 aliphatic heterocycles. The van der Waals surface area contributed by atoms with Crippen LogP contribution in [0.25, 0.3) is 11.1 Å². The van der Waals surface area contributed by atoms with Gasteiger partial charge in [-0.2, -0.15) is 0 Å². The van der Waals surface area contributed by atoms with Crippen LogP contribution in [-0.4, -0.2) is 8.80 Å². The zero-order valence-electron chi connectivity index (χ0n) is 9.98. The van der Waals surface area contributed by atoms with Gasteiger partial charge >= 0.3 is 0 Å². The molecule has 2 aromatic rings. The molecular formula is C16H15Si. The van der Waals surface area contributed by atoms with Gasteiger partial charge in [-0.25, -0.2) is 0 Å². The lowest BCUT2D eigenvalue weighted by atomic mass is 9.99. The van der Waals surface area contributed by atoms with Crippen molar-refractivity contribution in [1.29, 1.82) is 0 Å². The molecule has 0 bridgehead atoms. The first-order valence-electron chi connectivity index (χ1n) is 6.47. The van der Waals surface area contributed by atoms with Crippen molar-refractivity contribution >= 4 is 19.2 Å². The Morgan fingerprint density at radius 3 is 2.76 bits per heavy atom. The fraction of sp³-hybridized carbons (Fsp3) is 0.188. The highest BCUT2D eigenvalue weighted by molar-refractivity contribution is 6.94. The lowest BCUT2D eigenvalue weighted by Crippen LogP contribution is -2.55. The maximum Gasteiger partial charge on any atom is 0.112 e. The summed E-state index contributed by atoms with van der Waals surface area (Å²) >= 11 is 0. The highest BCUT2D eigenvalue weighted by Gasteiger charge is 2.45. The number of rotatable bonds is 2. The molecule has 17 heavy (non-hydrogen) atoms. The van der Waals surface area contributed by atoms with E-state index < -0.39 is 8.80 Å². The summed E-state index contributed by atoms with van der Waals surface area (Å²) in [6.07, 6.45) is 3.73. The zero-order chi connectivity index (χ0) is 11.4. The van der Waals surface area contributed by atoms with E-state index in [1.807, 2.05) is 0 Å². The van der Waals surface area contributed by atoms with E-state index in [4.69, 9.17) is 0 Å². The predicted molar refractivity (Wildman–Crippen MR) is 75.6 cm³/mol. The first-order valence-corrected chi connectivity index (χ1v) is 8.29. The van der Waals surface area contributed by atoms with Crippen molar-refractivity contribution in [1.82, 2.24) is 0 Å². The Kier molecular flexibility index (Phi) is 1.89. The molecule has 0 fully saturated rings. The summed E-state index contributed by atoms with van der Waals surface area (Å²) in [4.78, 5) is 0. The van der Waals surface area contributed by atoms with Gasteiger partial charge in [0.2, 0.25) is 0 Å². The van der Waals surface area contributed by atoms with Gasteiger partial charge in [-0.15, -0.1) is 0 Å². The van der Waals surface area contributed by atoms with E-state index in [9.17, 15) is 0 Å². The van der Waals surface area contributed by atoms with Crippen molar-refractivity contribution in [2.75, 3.05) is 0 Å². The molecule has 2 aromatic carbocycles. The first kappa shape index (κ1) is 9.66. The summed E-state index contributed by atoms with van der Waals surface area (Å²) in [6.45, 7) is 2.26. The van der Waals surface area contributed by atoms with Gasteiger partial charge in [0.1, 0.15) is 8.80 Å². The average Bonchev–Trinajstić information content (AvgIpc) is 2.68. The molecule has 2 unspecified atom stereocenters. The Labute approximate surface area is 104 Å². The van der Waals surface area contributed by atoms with Crippen molar-refractivity contribution in [2.24, 2.45) is 0 Å². The van der Waals surface area contributed by atoms with E-state index in [-0.39, 0.29) is 0 Å². The molecule has 0 nitrogen and oxygen atoms in total. The van der Waals surface area contributed by atoms with Crippen LogP contribution in [0.1, 0.15) is 24.4 Å². The van der Waals surface area contributed by atoms with Gasteiger partial charge in [0.25, 0.3) is 0 Å². The molecule has 1 heteroatoms. The summed E-state index contributed by atoms with van der Waals surface area (Å²) in [6, 6.07) is 15.9. The lowest BCUT2D eigenvalue weighted by Gasteiger charge is -2.36. The van der Waals surface area contributed by atoms with E-state index in [1.54, 1.807) is 15.9 Å². The predicted octanol–water partition coefficient (Wildman–Crippen LogP) is 2.26.